The van der Waals surface area contributed by atoms with E-state index in [1.807, 2.05) is 41.5 Å². The van der Waals surface area contributed by atoms with Crippen LogP contribution in [0.1, 0.15) is 22.6 Å². The second-order valence-corrected chi connectivity index (χ2v) is 6.26. The molecular formula is C17H18N4OS. The molecule has 2 heterocycles. The van der Waals surface area contributed by atoms with Crippen molar-refractivity contribution >= 4 is 22.9 Å². The lowest BCUT2D eigenvalue weighted by atomic mass is 10.2. The van der Waals surface area contributed by atoms with Crippen molar-refractivity contribution in [3.8, 4) is 0 Å². The van der Waals surface area contributed by atoms with Gasteiger partial charge in [-0.05, 0) is 18.9 Å². The Morgan fingerprint density at radius 1 is 1.30 bits per heavy atom. The molecule has 0 fully saturated rings. The first-order valence-corrected chi connectivity index (χ1v) is 8.34. The van der Waals surface area contributed by atoms with Crippen molar-refractivity contribution in [2.45, 2.75) is 26.3 Å². The molecule has 5 nitrogen and oxygen atoms in total. The maximum absolute atomic E-state index is 12.0. The van der Waals surface area contributed by atoms with Gasteiger partial charge in [0.1, 0.15) is 0 Å². The molecule has 0 radical (unpaired) electrons. The lowest BCUT2D eigenvalue weighted by Gasteiger charge is -2.02. The summed E-state index contributed by atoms with van der Waals surface area (Å²) in [6.45, 7) is 2.66. The van der Waals surface area contributed by atoms with Crippen molar-refractivity contribution in [1.82, 2.24) is 14.8 Å². The normalized spacial score (nSPS) is 10.7. The summed E-state index contributed by atoms with van der Waals surface area (Å²) >= 11 is 1.60. The van der Waals surface area contributed by atoms with Gasteiger partial charge in [0.25, 0.3) is 0 Å². The maximum atomic E-state index is 12.0. The fourth-order valence-corrected chi connectivity index (χ4v) is 3.08. The summed E-state index contributed by atoms with van der Waals surface area (Å²) in [4.78, 5) is 17.4. The van der Waals surface area contributed by atoms with E-state index in [0.717, 1.165) is 17.8 Å². The van der Waals surface area contributed by atoms with E-state index in [1.54, 1.807) is 17.5 Å². The number of thiazole rings is 1. The van der Waals surface area contributed by atoms with Gasteiger partial charge >= 0.3 is 0 Å². The highest BCUT2D eigenvalue weighted by atomic mass is 32.1. The van der Waals surface area contributed by atoms with Crippen molar-refractivity contribution in [2.75, 3.05) is 5.32 Å². The second-order valence-electron chi connectivity index (χ2n) is 5.32. The average molecular weight is 326 g/mol. The largest absolute Gasteiger partial charge is 0.323 e. The summed E-state index contributed by atoms with van der Waals surface area (Å²) in [5, 5.41) is 7.17. The average Bonchev–Trinajstić information content (AvgIpc) is 3.15. The first-order valence-electron chi connectivity index (χ1n) is 7.46. The molecule has 23 heavy (non-hydrogen) atoms. The van der Waals surface area contributed by atoms with Crippen LogP contribution in [-0.2, 0) is 17.8 Å². The Morgan fingerprint density at radius 2 is 2.13 bits per heavy atom. The third kappa shape index (κ3) is 4.26. The maximum Gasteiger partial charge on any atom is 0.224 e. The Morgan fingerprint density at radius 3 is 2.87 bits per heavy atom. The van der Waals surface area contributed by atoms with Crippen LogP contribution in [0, 0.1) is 6.92 Å². The molecule has 1 N–H and O–H groups in total. The summed E-state index contributed by atoms with van der Waals surface area (Å²) in [5.41, 5.74) is 4.73. The molecule has 0 saturated heterocycles. The molecule has 0 saturated carbocycles. The molecule has 6 heteroatoms. The quantitative estimate of drug-likeness (QED) is 0.756. The van der Waals surface area contributed by atoms with Crippen LogP contribution in [0.4, 0.5) is 5.69 Å². The minimum absolute atomic E-state index is 0.00272. The zero-order valence-corrected chi connectivity index (χ0v) is 13.7. The first kappa shape index (κ1) is 15.4. The molecular weight excluding hydrogens is 308 g/mol. The number of anilines is 1. The fourth-order valence-electron chi connectivity index (χ4n) is 2.30. The molecule has 2 aromatic heterocycles. The molecule has 0 bridgehead atoms. The molecule has 3 rings (SSSR count). The SMILES string of the molecule is Cc1ncsc1CCC(=O)Nc1cnn(Cc2ccccc2)c1. The number of hydrogen-bond acceptors (Lipinski definition) is 4. The van der Waals surface area contributed by atoms with Crippen LogP contribution in [-0.4, -0.2) is 20.7 Å². The van der Waals surface area contributed by atoms with Gasteiger partial charge in [-0.25, -0.2) is 4.98 Å². The van der Waals surface area contributed by atoms with Crippen molar-refractivity contribution in [2.24, 2.45) is 0 Å². The summed E-state index contributed by atoms with van der Waals surface area (Å²) < 4.78 is 1.82. The highest BCUT2D eigenvalue weighted by Gasteiger charge is 2.08. The number of amides is 1. The van der Waals surface area contributed by atoms with E-state index in [-0.39, 0.29) is 5.91 Å². The van der Waals surface area contributed by atoms with Crippen LogP contribution in [0.2, 0.25) is 0 Å². The molecule has 0 unspecified atom stereocenters. The van der Waals surface area contributed by atoms with Gasteiger partial charge in [-0.2, -0.15) is 5.10 Å². The van der Waals surface area contributed by atoms with Crippen molar-refractivity contribution in [3.05, 3.63) is 64.4 Å². The van der Waals surface area contributed by atoms with Gasteiger partial charge in [-0.3, -0.25) is 9.48 Å². The van der Waals surface area contributed by atoms with Gasteiger partial charge in [0, 0.05) is 17.5 Å². The molecule has 0 atom stereocenters. The smallest absolute Gasteiger partial charge is 0.224 e. The topological polar surface area (TPSA) is 59.8 Å². The van der Waals surface area contributed by atoms with Crippen LogP contribution >= 0.6 is 11.3 Å². The van der Waals surface area contributed by atoms with Crippen LogP contribution in [0.15, 0.2) is 48.2 Å². The number of carbonyl (C=O) groups excluding carboxylic acids is 1. The van der Waals surface area contributed by atoms with Crippen LogP contribution in [0.3, 0.4) is 0 Å². The zero-order valence-electron chi connectivity index (χ0n) is 12.9. The summed E-state index contributed by atoms with van der Waals surface area (Å²) in [6, 6.07) is 10.1. The van der Waals surface area contributed by atoms with Gasteiger partial charge < -0.3 is 5.32 Å². The standard InChI is InChI=1S/C17H18N4OS/c1-13-16(23-12-18-13)7-8-17(22)20-15-9-19-21(11-15)10-14-5-3-2-4-6-14/h2-6,9,11-12H,7-8,10H2,1H3,(H,20,22). The number of rotatable bonds is 6. The fraction of sp³-hybridized carbons (Fsp3) is 0.235. The molecule has 1 amide bonds. The molecule has 0 aliphatic carbocycles. The molecule has 0 aliphatic rings. The van der Waals surface area contributed by atoms with Crippen LogP contribution < -0.4 is 5.32 Å². The van der Waals surface area contributed by atoms with Crippen molar-refractivity contribution < 1.29 is 4.79 Å². The lowest BCUT2D eigenvalue weighted by molar-refractivity contribution is -0.116. The number of nitrogens with one attached hydrogen (secondary N) is 1. The Hall–Kier alpha value is -2.47. The van der Waals surface area contributed by atoms with Crippen molar-refractivity contribution in [1.29, 1.82) is 0 Å². The van der Waals surface area contributed by atoms with E-state index in [1.165, 1.54) is 10.4 Å². The van der Waals surface area contributed by atoms with E-state index < -0.39 is 0 Å². The zero-order chi connectivity index (χ0) is 16.1. The third-order valence-electron chi connectivity index (χ3n) is 3.53. The minimum atomic E-state index is -0.00272. The highest BCUT2D eigenvalue weighted by Crippen LogP contribution is 2.15. The lowest BCUT2D eigenvalue weighted by Crippen LogP contribution is -2.11. The van der Waals surface area contributed by atoms with E-state index in [2.05, 4.69) is 27.5 Å². The Kier molecular flexibility index (Phi) is 4.83. The third-order valence-corrected chi connectivity index (χ3v) is 4.52. The summed E-state index contributed by atoms with van der Waals surface area (Å²) in [7, 11) is 0. The summed E-state index contributed by atoms with van der Waals surface area (Å²) in [6.07, 6.45) is 4.70. The van der Waals surface area contributed by atoms with Crippen molar-refractivity contribution in [3.63, 3.8) is 0 Å². The van der Waals surface area contributed by atoms with Gasteiger partial charge in [0.2, 0.25) is 5.91 Å². The highest BCUT2D eigenvalue weighted by molar-refractivity contribution is 7.09. The van der Waals surface area contributed by atoms with Crippen LogP contribution in [0.25, 0.3) is 0 Å². The van der Waals surface area contributed by atoms with E-state index in [9.17, 15) is 4.79 Å². The number of nitrogens with zero attached hydrogens (tertiary/aromatic N) is 3. The van der Waals surface area contributed by atoms with Gasteiger partial charge in [-0.15, -0.1) is 11.3 Å². The molecule has 118 valence electrons. The molecule has 3 aromatic rings. The van der Waals surface area contributed by atoms with Crippen LogP contribution in [0.5, 0.6) is 0 Å². The number of aromatic nitrogens is 3. The predicted octanol–water partition coefficient (Wildman–Crippen LogP) is 3.27. The van der Waals surface area contributed by atoms with E-state index in [0.29, 0.717) is 13.0 Å². The number of aryl methyl sites for hydroxylation is 2. The Balaban J connectivity index is 1.52. The number of carbonyl (C=O) groups is 1. The van der Waals surface area contributed by atoms with Gasteiger partial charge in [-0.1, -0.05) is 30.3 Å². The minimum Gasteiger partial charge on any atom is -0.323 e. The first-order chi connectivity index (χ1) is 11.2. The monoisotopic (exact) mass is 326 g/mol. The molecule has 0 aliphatic heterocycles. The number of benzene rings is 1. The summed E-state index contributed by atoms with van der Waals surface area (Å²) in [5.74, 6) is -0.00272. The molecule has 1 aromatic carbocycles. The van der Waals surface area contributed by atoms with Gasteiger partial charge in [0.15, 0.2) is 0 Å². The molecule has 0 spiro atoms. The van der Waals surface area contributed by atoms with E-state index >= 15 is 0 Å². The number of hydrogen-bond donors (Lipinski definition) is 1. The Labute approximate surface area is 139 Å². The predicted molar refractivity (Wildman–Crippen MR) is 91.6 cm³/mol. The van der Waals surface area contributed by atoms with Gasteiger partial charge in [0.05, 0.1) is 29.6 Å². The van der Waals surface area contributed by atoms with E-state index in [4.69, 9.17) is 0 Å². The second kappa shape index (κ2) is 7.19. The Bertz CT molecular complexity index is 779.